The Morgan fingerprint density at radius 1 is 1.00 bits per heavy atom. The summed E-state index contributed by atoms with van der Waals surface area (Å²) in [5.74, 6) is -0.0388. The molecule has 1 saturated carbocycles. The summed E-state index contributed by atoms with van der Waals surface area (Å²) in [5, 5.41) is 0. The lowest BCUT2D eigenvalue weighted by atomic mass is 9.92. The monoisotopic (exact) mass is 239 g/mol. The molecule has 98 valence electrons. The van der Waals surface area contributed by atoms with Crippen LogP contribution in [0.5, 0.6) is 0 Å². The third-order valence-electron chi connectivity index (χ3n) is 4.43. The topological polar surface area (TPSA) is 72.4 Å². The molecule has 0 aromatic carbocycles. The van der Waals surface area contributed by atoms with Gasteiger partial charge in [-0.15, -0.1) is 0 Å². The average Bonchev–Trinajstić information content (AvgIpc) is 2.54. The average molecular weight is 239 g/mol. The zero-order valence-electron chi connectivity index (χ0n) is 10.6. The summed E-state index contributed by atoms with van der Waals surface area (Å²) in [7, 11) is 0. The molecular formula is C13H25N3O. The van der Waals surface area contributed by atoms with Crippen LogP contribution in [0, 0.1) is 5.92 Å². The lowest BCUT2D eigenvalue weighted by molar-refractivity contribution is -0.123. The smallest absolute Gasteiger partial charge is 0.220 e. The highest BCUT2D eigenvalue weighted by molar-refractivity contribution is 5.76. The minimum Gasteiger partial charge on any atom is -0.369 e. The zero-order chi connectivity index (χ0) is 12.3. The molecule has 2 atom stereocenters. The molecule has 17 heavy (non-hydrogen) atoms. The Hall–Kier alpha value is -0.610. The number of hydrogen-bond acceptors (Lipinski definition) is 3. The van der Waals surface area contributed by atoms with E-state index in [-0.39, 0.29) is 11.8 Å². The number of piperidine rings is 1. The maximum Gasteiger partial charge on any atom is 0.220 e. The van der Waals surface area contributed by atoms with Crippen LogP contribution in [0.3, 0.4) is 0 Å². The van der Waals surface area contributed by atoms with Crippen molar-refractivity contribution in [2.75, 3.05) is 13.1 Å². The molecule has 0 bridgehead atoms. The van der Waals surface area contributed by atoms with Gasteiger partial charge >= 0.3 is 0 Å². The Bertz CT molecular complexity index is 261. The molecule has 2 aliphatic rings. The van der Waals surface area contributed by atoms with Crippen molar-refractivity contribution in [3.05, 3.63) is 0 Å². The Balaban J connectivity index is 1.88. The third kappa shape index (κ3) is 3.19. The number of carbonyl (C=O) groups is 1. The normalized spacial score (nSPS) is 33.2. The van der Waals surface area contributed by atoms with Crippen molar-refractivity contribution in [1.29, 1.82) is 0 Å². The van der Waals surface area contributed by atoms with Crippen LogP contribution >= 0.6 is 0 Å². The van der Waals surface area contributed by atoms with E-state index in [9.17, 15) is 4.79 Å². The Morgan fingerprint density at radius 2 is 1.65 bits per heavy atom. The molecule has 1 aliphatic carbocycles. The number of likely N-dealkylation sites (tertiary alicyclic amines) is 1. The van der Waals surface area contributed by atoms with E-state index in [2.05, 4.69) is 4.90 Å². The van der Waals surface area contributed by atoms with Gasteiger partial charge in [-0.25, -0.2) is 0 Å². The van der Waals surface area contributed by atoms with Gasteiger partial charge in [0, 0.05) is 18.0 Å². The van der Waals surface area contributed by atoms with E-state index in [1.54, 1.807) is 0 Å². The molecule has 4 nitrogen and oxygen atoms in total. The maximum atomic E-state index is 11.1. The van der Waals surface area contributed by atoms with E-state index in [4.69, 9.17) is 11.5 Å². The number of nitrogens with two attached hydrogens (primary N) is 2. The molecule has 2 fully saturated rings. The fraction of sp³-hybridized carbons (Fsp3) is 0.923. The minimum absolute atomic E-state index is 0.0910. The van der Waals surface area contributed by atoms with Crippen molar-refractivity contribution in [1.82, 2.24) is 4.90 Å². The van der Waals surface area contributed by atoms with Gasteiger partial charge in [-0.2, -0.15) is 0 Å². The summed E-state index contributed by atoms with van der Waals surface area (Å²) in [5.41, 5.74) is 11.6. The third-order valence-corrected chi connectivity index (χ3v) is 4.43. The molecule has 4 N–H and O–H groups in total. The number of amides is 1. The number of primary amides is 1. The van der Waals surface area contributed by atoms with Gasteiger partial charge in [-0.3, -0.25) is 9.69 Å². The first-order valence-electron chi connectivity index (χ1n) is 6.97. The van der Waals surface area contributed by atoms with Crippen LogP contribution in [0.4, 0.5) is 0 Å². The summed E-state index contributed by atoms with van der Waals surface area (Å²) in [6.45, 7) is 1.98. The Morgan fingerprint density at radius 3 is 2.29 bits per heavy atom. The van der Waals surface area contributed by atoms with Crippen molar-refractivity contribution in [2.45, 2.75) is 57.0 Å². The van der Waals surface area contributed by atoms with Crippen molar-refractivity contribution < 1.29 is 4.79 Å². The molecule has 1 amide bonds. The first kappa shape index (κ1) is 12.8. The lowest BCUT2D eigenvalue weighted by Crippen LogP contribution is -2.51. The van der Waals surface area contributed by atoms with Gasteiger partial charge in [0.25, 0.3) is 0 Å². The van der Waals surface area contributed by atoms with Crippen LogP contribution in [0.1, 0.15) is 44.9 Å². The summed E-state index contributed by atoms with van der Waals surface area (Å²) < 4.78 is 0. The quantitative estimate of drug-likeness (QED) is 0.702. The first-order chi connectivity index (χ1) is 8.18. The highest BCUT2D eigenvalue weighted by atomic mass is 16.1. The fourth-order valence-electron chi connectivity index (χ4n) is 3.29. The maximum absolute atomic E-state index is 11.1. The molecule has 0 spiro atoms. The van der Waals surface area contributed by atoms with Crippen LogP contribution in [-0.2, 0) is 4.79 Å². The second kappa shape index (κ2) is 5.83. The fourth-order valence-corrected chi connectivity index (χ4v) is 3.29. The number of nitrogens with zero attached hydrogens (tertiary/aromatic N) is 1. The molecule has 2 unspecified atom stereocenters. The molecule has 4 heteroatoms. The molecule has 1 aliphatic heterocycles. The lowest BCUT2D eigenvalue weighted by Gasteiger charge is -2.39. The van der Waals surface area contributed by atoms with Crippen molar-refractivity contribution in [3.63, 3.8) is 0 Å². The second-order valence-electron chi connectivity index (χ2n) is 5.58. The van der Waals surface area contributed by atoms with Gasteiger partial charge in [0.05, 0.1) is 0 Å². The standard InChI is InChI=1S/C13H25N3O/c14-11-4-2-1-3-5-12(11)16-8-6-10(7-9-16)13(15)17/h10-12H,1-9,14H2,(H2,15,17). The summed E-state index contributed by atoms with van der Waals surface area (Å²) in [6.07, 6.45) is 8.10. The number of hydrogen-bond donors (Lipinski definition) is 2. The summed E-state index contributed by atoms with van der Waals surface area (Å²) >= 11 is 0. The molecule has 0 aromatic heterocycles. The minimum atomic E-state index is -0.130. The molecule has 0 aromatic rings. The molecule has 1 heterocycles. The molecule has 0 radical (unpaired) electrons. The van der Waals surface area contributed by atoms with Crippen LogP contribution < -0.4 is 11.5 Å². The van der Waals surface area contributed by atoms with Crippen LogP contribution in [0.2, 0.25) is 0 Å². The predicted octanol–water partition coefficient (Wildman–Crippen LogP) is 0.844. The Kier molecular flexibility index (Phi) is 4.40. The summed E-state index contributed by atoms with van der Waals surface area (Å²) in [6, 6.07) is 0.856. The van der Waals surface area contributed by atoms with Crippen LogP contribution in [0.15, 0.2) is 0 Å². The second-order valence-corrected chi connectivity index (χ2v) is 5.58. The highest BCUT2D eigenvalue weighted by Gasteiger charge is 2.31. The van der Waals surface area contributed by atoms with Gasteiger partial charge in [-0.05, 0) is 38.8 Å². The number of carbonyl (C=O) groups excluding carboxylic acids is 1. The SMILES string of the molecule is NC(=O)C1CCN(C2CCCCCC2N)CC1. The molecule has 2 rings (SSSR count). The highest BCUT2D eigenvalue weighted by Crippen LogP contribution is 2.25. The summed E-state index contributed by atoms with van der Waals surface area (Å²) in [4.78, 5) is 13.6. The van der Waals surface area contributed by atoms with E-state index in [1.165, 1.54) is 25.7 Å². The van der Waals surface area contributed by atoms with Gasteiger partial charge in [0.1, 0.15) is 0 Å². The van der Waals surface area contributed by atoms with E-state index in [0.717, 1.165) is 32.4 Å². The molecule has 1 saturated heterocycles. The largest absolute Gasteiger partial charge is 0.369 e. The van der Waals surface area contributed by atoms with Crippen molar-refractivity contribution in [2.24, 2.45) is 17.4 Å². The van der Waals surface area contributed by atoms with Crippen molar-refractivity contribution >= 4 is 5.91 Å². The van der Waals surface area contributed by atoms with Gasteiger partial charge in [-0.1, -0.05) is 19.3 Å². The van der Waals surface area contributed by atoms with Gasteiger partial charge in [0.2, 0.25) is 5.91 Å². The predicted molar refractivity (Wildman–Crippen MR) is 68.3 cm³/mol. The van der Waals surface area contributed by atoms with Gasteiger partial charge in [0.15, 0.2) is 0 Å². The zero-order valence-corrected chi connectivity index (χ0v) is 10.6. The van der Waals surface area contributed by atoms with E-state index in [1.807, 2.05) is 0 Å². The van der Waals surface area contributed by atoms with Crippen molar-refractivity contribution in [3.8, 4) is 0 Å². The molecular weight excluding hydrogens is 214 g/mol. The number of rotatable bonds is 2. The first-order valence-corrected chi connectivity index (χ1v) is 6.97. The van der Waals surface area contributed by atoms with Crippen LogP contribution in [-0.4, -0.2) is 36.0 Å². The van der Waals surface area contributed by atoms with E-state index >= 15 is 0 Å². The van der Waals surface area contributed by atoms with E-state index in [0.29, 0.717) is 12.1 Å². The van der Waals surface area contributed by atoms with Gasteiger partial charge < -0.3 is 11.5 Å². The Labute approximate surface area is 104 Å². The van der Waals surface area contributed by atoms with E-state index < -0.39 is 0 Å². The van der Waals surface area contributed by atoms with Crippen LogP contribution in [0.25, 0.3) is 0 Å².